The zero-order valence-electron chi connectivity index (χ0n) is 8.95. The molecule has 0 fully saturated rings. The topological polar surface area (TPSA) is 83.7 Å². The van der Waals surface area contributed by atoms with Gasteiger partial charge in [-0.1, -0.05) is 0 Å². The van der Waals surface area contributed by atoms with Gasteiger partial charge >= 0.3 is 0 Å². The van der Waals surface area contributed by atoms with Gasteiger partial charge in [-0.25, -0.2) is 0 Å². The van der Waals surface area contributed by atoms with Crippen LogP contribution in [-0.2, 0) is 4.79 Å². The second kappa shape index (κ2) is 4.71. The van der Waals surface area contributed by atoms with Crippen LogP contribution in [0, 0.1) is 10.1 Å². The Bertz CT molecular complexity index is 400. The van der Waals surface area contributed by atoms with E-state index in [-0.39, 0.29) is 5.69 Å². The minimum absolute atomic E-state index is 0.0757. The van der Waals surface area contributed by atoms with Crippen molar-refractivity contribution in [3.8, 4) is 0 Å². The maximum Gasteiger partial charge on any atom is 0.269 e. The third kappa shape index (κ3) is 2.54. The van der Waals surface area contributed by atoms with Crippen molar-refractivity contribution in [1.82, 2.24) is 4.90 Å². The van der Waals surface area contributed by atoms with E-state index in [2.05, 4.69) is 0 Å². The van der Waals surface area contributed by atoms with E-state index in [1.165, 1.54) is 43.3 Å². The number of nitro benzene ring substituents is 1. The molecule has 0 spiro atoms. The number of amides is 1. The summed E-state index contributed by atoms with van der Waals surface area (Å²) in [7, 11) is 3.05. The van der Waals surface area contributed by atoms with Crippen LogP contribution in [-0.4, -0.2) is 34.9 Å². The van der Waals surface area contributed by atoms with Crippen molar-refractivity contribution >= 4 is 11.6 Å². The number of hydrogen-bond donors (Lipinski definition) is 1. The first-order chi connectivity index (χ1) is 7.43. The molecule has 0 saturated carbocycles. The molecule has 1 atom stereocenters. The first-order valence-electron chi connectivity index (χ1n) is 4.57. The molecule has 1 amide bonds. The van der Waals surface area contributed by atoms with Gasteiger partial charge in [-0.05, 0) is 17.7 Å². The summed E-state index contributed by atoms with van der Waals surface area (Å²) in [6.07, 6.45) is -1.28. The molecule has 1 aromatic rings. The molecule has 0 bridgehead atoms. The molecule has 1 rings (SSSR count). The molecule has 0 aromatic heterocycles. The number of likely N-dealkylation sites (N-methyl/N-ethyl adjacent to an activating group) is 1. The van der Waals surface area contributed by atoms with Gasteiger partial charge in [0, 0.05) is 26.2 Å². The number of nitrogens with zero attached hydrogens (tertiary/aromatic N) is 2. The predicted octanol–water partition coefficient (Wildman–Crippen LogP) is 0.716. The van der Waals surface area contributed by atoms with Gasteiger partial charge < -0.3 is 10.0 Å². The van der Waals surface area contributed by atoms with E-state index in [1.807, 2.05) is 0 Å². The average Bonchev–Trinajstić information content (AvgIpc) is 2.27. The van der Waals surface area contributed by atoms with Crippen LogP contribution in [0.5, 0.6) is 0 Å². The van der Waals surface area contributed by atoms with E-state index in [0.29, 0.717) is 5.56 Å². The van der Waals surface area contributed by atoms with Gasteiger partial charge in [-0.3, -0.25) is 14.9 Å². The second-order valence-electron chi connectivity index (χ2n) is 3.48. The number of non-ortho nitro benzene ring substituents is 1. The SMILES string of the molecule is CN(C)C(=O)C(O)c1ccc([N+](=O)[O-])cc1. The van der Waals surface area contributed by atoms with E-state index >= 15 is 0 Å². The highest BCUT2D eigenvalue weighted by molar-refractivity contribution is 5.81. The standard InChI is InChI=1S/C10H12N2O4/c1-11(2)10(14)9(13)7-3-5-8(6-4-7)12(15)16/h3-6,9,13H,1-2H3. The largest absolute Gasteiger partial charge is 0.378 e. The van der Waals surface area contributed by atoms with Gasteiger partial charge in [-0.15, -0.1) is 0 Å². The van der Waals surface area contributed by atoms with E-state index in [1.54, 1.807) is 0 Å². The lowest BCUT2D eigenvalue weighted by molar-refractivity contribution is -0.384. The van der Waals surface area contributed by atoms with Gasteiger partial charge in [0.1, 0.15) is 0 Å². The Morgan fingerprint density at radius 3 is 2.25 bits per heavy atom. The van der Waals surface area contributed by atoms with Gasteiger partial charge in [0.25, 0.3) is 11.6 Å². The van der Waals surface area contributed by atoms with Crippen molar-refractivity contribution in [1.29, 1.82) is 0 Å². The fourth-order valence-corrected chi connectivity index (χ4v) is 1.17. The highest BCUT2D eigenvalue weighted by atomic mass is 16.6. The smallest absolute Gasteiger partial charge is 0.269 e. The molecule has 0 heterocycles. The van der Waals surface area contributed by atoms with E-state index in [4.69, 9.17) is 0 Å². The fraction of sp³-hybridized carbons (Fsp3) is 0.300. The molecule has 0 aliphatic heterocycles. The number of benzene rings is 1. The fourth-order valence-electron chi connectivity index (χ4n) is 1.17. The molecule has 0 aliphatic rings. The summed E-state index contributed by atoms with van der Waals surface area (Å²) < 4.78 is 0. The second-order valence-corrected chi connectivity index (χ2v) is 3.48. The highest BCUT2D eigenvalue weighted by Crippen LogP contribution is 2.18. The molecule has 6 nitrogen and oxygen atoms in total. The molecule has 0 radical (unpaired) electrons. The van der Waals surface area contributed by atoms with Gasteiger partial charge in [0.2, 0.25) is 0 Å². The van der Waals surface area contributed by atoms with Crippen LogP contribution in [0.2, 0.25) is 0 Å². The molecule has 0 aliphatic carbocycles. The predicted molar refractivity (Wildman–Crippen MR) is 56.8 cm³/mol. The van der Waals surface area contributed by atoms with Crippen molar-refractivity contribution < 1.29 is 14.8 Å². The number of hydrogen-bond acceptors (Lipinski definition) is 4. The minimum atomic E-state index is -1.28. The molecule has 6 heteroatoms. The van der Waals surface area contributed by atoms with Crippen LogP contribution < -0.4 is 0 Å². The van der Waals surface area contributed by atoms with Crippen molar-refractivity contribution in [3.63, 3.8) is 0 Å². The summed E-state index contributed by atoms with van der Waals surface area (Å²) in [4.78, 5) is 22.5. The zero-order chi connectivity index (χ0) is 12.3. The molecule has 1 aromatic carbocycles. The van der Waals surface area contributed by atoms with Crippen molar-refractivity contribution in [2.45, 2.75) is 6.10 Å². The number of carbonyl (C=O) groups is 1. The first kappa shape index (κ1) is 12.1. The van der Waals surface area contributed by atoms with Crippen LogP contribution >= 0.6 is 0 Å². The Kier molecular flexibility index (Phi) is 3.57. The van der Waals surface area contributed by atoms with Crippen LogP contribution in [0.4, 0.5) is 5.69 Å². The lowest BCUT2D eigenvalue weighted by Gasteiger charge is -2.15. The summed E-state index contributed by atoms with van der Waals surface area (Å²) >= 11 is 0. The molecular formula is C10H12N2O4. The van der Waals surface area contributed by atoms with Crippen LogP contribution in [0.3, 0.4) is 0 Å². The Hall–Kier alpha value is -1.95. The first-order valence-corrected chi connectivity index (χ1v) is 4.57. The van der Waals surface area contributed by atoms with Crippen molar-refractivity contribution in [3.05, 3.63) is 39.9 Å². The third-order valence-electron chi connectivity index (χ3n) is 2.09. The van der Waals surface area contributed by atoms with Crippen LogP contribution in [0.15, 0.2) is 24.3 Å². The average molecular weight is 224 g/mol. The van der Waals surface area contributed by atoms with Crippen molar-refractivity contribution in [2.75, 3.05) is 14.1 Å². The summed E-state index contributed by atoms with van der Waals surface area (Å²) in [6.45, 7) is 0. The normalized spacial score (nSPS) is 11.9. The Labute approximate surface area is 92.3 Å². The number of aliphatic hydroxyl groups is 1. The molecule has 1 unspecified atom stereocenters. The lowest BCUT2D eigenvalue weighted by atomic mass is 10.1. The summed E-state index contributed by atoms with van der Waals surface area (Å²) in [5.41, 5.74) is 0.262. The maximum atomic E-state index is 11.4. The van der Waals surface area contributed by atoms with Crippen molar-refractivity contribution in [2.24, 2.45) is 0 Å². The van der Waals surface area contributed by atoms with Gasteiger partial charge in [-0.2, -0.15) is 0 Å². The molecular weight excluding hydrogens is 212 g/mol. The quantitative estimate of drug-likeness (QED) is 0.605. The molecule has 1 N–H and O–H groups in total. The molecule has 16 heavy (non-hydrogen) atoms. The molecule has 86 valence electrons. The number of nitro groups is 1. The minimum Gasteiger partial charge on any atom is -0.378 e. The van der Waals surface area contributed by atoms with Gasteiger partial charge in [0.15, 0.2) is 6.10 Å². The Morgan fingerprint density at radius 2 is 1.88 bits per heavy atom. The van der Waals surface area contributed by atoms with Crippen LogP contribution in [0.25, 0.3) is 0 Å². The van der Waals surface area contributed by atoms with Crippen LogP contribution in [0.1, 0.15) is 11.7 Å². The molecule has 0 saturated heterocycles. The summed E-state index contributed by atoms with van der Waals surface area (Å²) in [5, 5.41) is 20.0. The zero-order valence-corrected chi connectivity index (χ0v) is 8.95. The maximum absolute atomic E-state index is 11.4. The van der Waals surface area contributed by atoms with E-state index in [0.717, 1.165) is 0 Å². The summed E-state index contributed by atoms with van der Waals surface area (Å²) in [6, 6.07) is 5.23. The Balaban J connectivity index is 2.89. The Morgan fingerprint density at radius 1 is 1.38 bits per heavy atom. The monoisotopic (exact) mass is 224 g/mol. The summed E-state index contributed by atoms with van der Waals surface area (Å²) in [5.74, 6) is -0.464. The third-order valence-corrected chi connectivity index (χ3v) is 2.09. The number of rotatable bonds is 3. The highest BCUT2D eigenvalue weighted by Gasteiger charge is 2.19. The number of carbonyl (C=O) groups excluding carboxylic acids is 1. The van der Waals surface area contributed by atoms with E-state index in [9.17, 15) is 20.0 Å². The van der Waals surface area contributed by atoms with E-state index < -0.39 is 16.9 Å². The number of aliphatic hydroxyl groups excluding tert-OH is 1. The van der Waals surface area contributed by atoms with Gasteiger partial charge in [0.05, 0.1) is 4.92 Å². The lowest BCUT2D eigenvalue weighted by Crippen LogP contribution is -2.27.